The monoisotopic (exact) mass is 172 g/mol. The maximum atomic E-state index is 5.74. The molecule has 11 heavy (non-hydrogen) atoms. The van der Waals surface area contributed by atoms with Crippen LogP contribution in [-0.2, 0) is 4.43 Å². The number of hydrogen-bond acceptors (Lipinski definition) is 1. The van der Waals surface area contributed by atoms with Crippen molar-refractivity contribution < 1.29 is 4.43 Å². The Morgan fingerprint density at radius 1 is 1.36 bits per heavy atom. The van der Waals surface area contributed by atoms with E-state index in [2.05, 4.69) is 32.6 Å². The Morgan fingerprint density at radius 3 is 2.27 bits per heavy atom. The summed E-state index contributed by atoms with van der Waals surface area (Å²) in [5.74, 6) is 1.10. The molecule has 0 saturated carbocycles. The lowest BCUT2D eigenvalue weighted by atomic mass is 10.3. The molecule has 0 aromatic heterocycles. The topological polar surface area (TPSA) is 9.23 Å². The Balaban J connectivity index is 3.76. The minimum Gasteiger partial charge on any atom is -0.548 e. The first-order valence-corrected chi connectivity index (χ1v) is 7.72. The van der Waals surface area contributed by atoms with Crippen LogP contribution in [0.25, 0.3) is 0 Å². The van der Waals surface area contributed by atoms with E-state index in [1.165, 1.54) is 6.42 Å². The summed E-state index contributed by atoms with van der Waals surface area (Å²) in [6.45, 7) is 10.8. The first kappa shape index (κ1) is 10.8. The van der Waals surface area contributed by atoms with Crippen LogP contribution in [0.1, 0.15) is 26.7 Å². The van der Waals surface area contributed by atoms with Gasteiger partial charge in [-0.25, -0.2) is 0 Å². The normalized spacial score (nSPS) is 13.4. The van der Waals surface area contributed by atoms with E-state index in [0.717, 1.165) is 12.2 Å². The van der Waals surface area contributed by atoms with Gasteiger partial charge in [0.1, 0.15) is 0 Å². The second-order valence-electron chi connectivity index (χ2n) is 3.82. The fraction of sp³-hybridized carbons (Fsp3) is 0.778. The Morgan fingerprint density at radius 2 is 1.91 bits per heavy atom. The van der Waals surface area contributed by atoms with Gasteiger partial charge in [-0.1, -0.05) is 13.3 Å². The standard InChI is InChI=1S/C9H20OSi/c1-6-7-8-9(2)10-11(3,4)5/h8H,6-7H2,1-5H3. The van der Waals surface area contributed by atoms with E-state index in [9.17, 15) is 0 Å². The van der Waals surface area contributed by atoms with Gasteiger partial charge in [-0.15, -0.1) is 0 Å². The van der Waals surface area contributed by atoms with Gasteiger partial charge in [-0.2, -0.15) is 0 Å². The molecule has 2 heteroatoms. The van der Waals surface area contributed by atoms with Crippen LogP contribution >= 0.6 is 0 Å². The van der Waals surface area contributed by atoms with Crippen molar-refractivity contribution in [2.24, 2.45) is 0 Å². The molecule has 0 bridgehead atoms. The molecule has 66 valence electrons. The van der Waals surface area contributed by atoms with Gasteiger partial charge in [-0.05, 0) is 39.1 Å². The van der Waals surface area contributed by atoms with Crippen LogP contribution in [0.3, 0.4) is 0 Å². The van der Waals surface area contributed by atoms with Gasteiger partial charge in [0.05, 0.1) is 5.76 Å². The van der Waals surface area contributed by atoms with Gasteiger partial charge < -0.3 is 4.43 Å². The van der Waals surface area contributed by atoms with E-state index < -0.39 is 8.32 Å². The summed E-state index contributed by atoms with van der Waals surface area (Å²) in [7, 11) is -1.34. The lowest BCUT2D eigenvalue weighted by Gasteiger charge is -2.19. The average molecular weight is 172 g/mol. The molecule has 0 heterocycles. The van der Waals surface area contributed by atoms with Crippen molar-refractivity contribution >= 4 is 8.32 Å². The number of unbranched alkanes of at least 4 members (excludes halogenated alkanes) is 1. The van der Waals surface area contributed by atoms with E-state index in [1.807, 2.05) is 6.92 Å². The second-order valence-corrected chi connectivity index (χ2v) is 8.25. The van der Waals surface area contributed by atoms with E-state index in [0.29, 0.717) is 0 Å². The van der Waals surface area contributed by atoms with Crippen molar-refractivity contribution in [1.82, 2.24) is 0 Å². The summed E-state index contributed by atoms with van der Waals surface area (Å²) in [6.07, 6.45) is 4.51. The average Bonchev–Trinajstić information content (AvgIpc) is 1.79. The Labute approximate surface area is 71.6 Å². The molecule has 0 unspecified atom stereocenters. The highest BCUT2D eigenvalue weighted by molar-refractivity contribution is 6.70. The van der Waals surface area contributed by atoms with E-state index in [-0.39, 0.29) is 0 Å². The predicted octanol–water partition coefficient (Wildman–Crippen LogP) is 3.54. The predicted molar refractivity (Wildman–Crippen MR) is 53.1 cm³/mol. The molecular weight excluding hydrogens is 152 g/mol. The van der Waals surface area contributed by atoms with Crippen molar-refractivity contribution in [1.29, 1.82) is 0 Å². The first-order chi connectivity index (χ1) is 4.95. The zero-order valence-electron chi connectivity index (χ0n) is 8.40. The van der Waals surface area contributed by atoms with Crippen LogP contribution in [0.2, 0.25) is 19.6 Å². The van der Waals surface area contributed by atoms with Crippen LogP contribution in [0.4, 0.5) is 0 Å². The number of allylic oxidation sites excluding steroid dienone is 2. The van der Waals surface area contributed by atoms with E-state index in [1.54, 1.807) is 0 Å². The highest BCUT2D eigenvalue weighted by Gasteiger charge is 2.15. The quantitative estimate of drug-likeness (QED) is 0.465. The minimum absolute atomic E-state index is 1.10. The summed E-state index contributed by atoms with van der Waals surface area (Å²) in [4.78, 5) is 0. The second kappa shape index (κ2) is 4.60. The molecule has 0 aromatic rings. The van der Waals surface area contributed by atoms with Crippen molar-refractivity contribution in [3.63, 3.8) is 0 Å². The Kier molecular flexibility index (Phi) is 4.50. The molecule has 0 aliphatic rings. The van der Waals surface area contributed by atoms with Crippen LogP contribution in [0, 0.1) is 0 Å². The van der Waals surface area contributed by atoms with Crippen LogP contribution < -0.4 is 0 Å². The van der Waals surface area contributed by atoms with Crippen LogP contribution in [0.5, 0.6) is 0 Å². The van der Waals surface area contributed by atoms with Gasteiger partial charge in [0, 0.05) is 0 Å². The summed E-state index contributed by atoms with van der Waals surface area (Å²) in [6, 6.07) is 0. The molecule has 0 saturated heterocycles. The summed E-state index contributed by atoms with van der Waals surface area (Å²) in [5.41, 5.74) is 0. The molecule has 0 aliphatic heterocycles. The van der Waals surface area contributed by atoms with E-state index >= 15 is 0 Å². The first-order valence-electron chi connectivity index (χ1n) is 4.31. The molecule has 0 fully saturated rings. The Bertz CT molecular complexity index is 133. The molecule has 1 nitrogen and oxygen atoms in total. The van der Waals surface area contributed by atoms with Gasteiger partial charge in [-0.3, -0.25) is 0 Å². The Hall–Kier alpha value is -0.243. The minimum atomic E-state index is -1.34. The zero-order valence-corrected chi connectivity index (χ0v) is 9.40. The van der Waals surface area contributed by atoms with Crippen molar-refractivity contribution in [3.05, 3.63) is 11.8 Å². The highest BCUT2D eigenvalue weighted by atomic mass is 28.4. The van der Waals surface area contributed by atoms with Crippen LogP contribution in [0.15, 0.2) is 11.8 Å². The number of hydrogen-bond donors (Lipinski definition) is 0. The highest BCUT2D eigenvalue weighted by Crippen LogP contribution is 2.10. The third kappa shape index (κ3) is 7.66. The van der Waals surface area contributed by atoms with Crippen molar-refractivity contribution in [3.8, 4) is 0 Å². The lowest BCUT2D eigenvalue weighted by molar-refractivity contribution is 0.421. The van der Waals surface area contributed by atoms with Crippen LogP contribution in [-0.4, -0.2) is 8.32 Å². The maximum Gasteiger partial charge on any atom is 0.241 e. The molecule has 0 spiro atoms. The van der Waals surface area contributed by atoms with Gasteiger partial charge in [0.2, 0.25) is 8.32 Å². The summed E-state index contributed by atoms with van der Waals surface area (Å²) >= 11 is 0. The molecular formula is C9H20OSi. The lowest BCUT2D eigenvalue weighted by Crippen LogP contribution is -2.24. The largest absolute Gasteiger partial charge is 0.548 e. The molecule has 0 aromatic carbocycles. The van der Waals surface area contributed by atoms with Gasteiger partial charge in [0.15, 0.2) is 0 Å². The van der Waals surface area contributed by atoms with Gasteiger partial charge in [0.25, 0.3) is 0 Å². The maximum absolute atomic E-state index is 5.74. The number of rotatable bonds is 4. The summed E-state index contributed by atoms with van der Waals surface area (Å²) in [5, 5.41) is 0. The summed E-state index contributed by atoms with van der Waals surface area (Å²) < 4.78 is 5.74. The van der Waals surface area contributed by atoms with Crippen molar-refractivity contribution in [2.75, 3.05) is 0 Å². The molecule has 0 aliphatic carbocycles. The molecule has 0 amide bonds. The SMILES string of the molecule is CCCC=C(C)O[Si](C)(C)C. The van der Waals surface area contributed by atoms with Crippen molar-refractivity contribution in [2.45, 2.75) is 46.3 Å². The molecule has 0 N–H and O–H groups in total. The van der Waals surface area contributed by atoms with E-state index in [4.69, 9.17) is 4.43 Å². The third-order valence-corrected chi connectivity index (χ3v) is 2.12. The third-order valence-electron chi connectivity index (χ3n) is 1.19. The fourth-order valence-corrected chi connectivity index (χ4v) is 1.92. The molecule has 0 atom stereocenters. The smallest absolute Gasteiger partial charge is 0.241 e. The van der Waals surface area contributed by atoms with Gasteiger partial charge >= 0.3 is 0 Å². The zero-order chi connectivity index (χ0) is 8.91. The fourth-order valence-electron chi connectivity index (χ4n) is 0.872. The molecule has 0 rings (SSSR count). The molecule has 0 radical (unpaired) electrons.